The molecule has 1 aliphatic heterocycles. The molecule has 2 aromatic carbocycles. The Bertz CT molecular complexity index is 1070. The quantitative estimate of drug-likeness (QED) is 0.679. The van der Waals surface area contributed by atoms with Gasteiger partial charge in [0.1, 0.15) is 0 Å². The summed E-state index contributed by atoms with van der Waals surface area (Å²) in [6, 6.07) is 14.8. The van der Waals surface area contributed by atoms with Gasteiger partial charge in [0.15, 0.2) is 19.7 Å². The van der Waals surface area contributed by atoms with Gasteiger partial charge in [-0.25, -0.2) is 16.8 Å². The molecule has 3 rings (SSSR count). The number of nitrogens with one attached hydrogen (secondary N) is 2. The van der Waals surface area contributed by atoms with Crippen LogP contribution in [0, 0.1) is 0 Å². The van der Waals surface area contributed by atoms with E-state index in [0.717, 1.165) is 5.56 Å². The molecule has 156 valence electrons. The minimum Gasteiger partial charge on any atom is -0.326 e. The van der Waals surface area contributed by atoms with Gasteiger partial charge in [0.25, 0.3) is 0 Å². The average molecular weight is 437 g/mol. The van der Waals surface area contributed by atoms with Gasteiger partial charge in [0, 0.05) is 18.7 Å². The zero-order valence-electron chi connectivity index (χ0n) is 16.0. The molecule has 9 heteroatoms. The number of carbonyl (C=O) groups is 1. The Hall–Kier alpha value is -2.23. The van der Waals surface area contributed by atoms with E-state index in [4.69, 9.17) is 0 Å². The van der Waals surface area contributed by atoms with Crippen molar-refractivity contribution in [3.8, 4) is 0 Å². The van der Waals surface area contributed by atoms with Gasteiger partial charge >= 0.3 is 0 Å². The van der Waals surface area contributed by atoms with Crippen molar-refractivity contribution in [3.05, 3.63) is 60.2 Å². The Balaban J connectivity index is 1.75. The van der Waals surface area contributed by atoms with Crippen molar-refractivity contribution in [1.29, 1.82) is 0 Å². The molecule has 7 nitrogen and oxygen atoms in total. The Labute approximate surface area is 171 Å². The summed E-state index contributed by atoms with van der Waals surface area (Å²) < 4.78 is 50.6. The molecule has 1 aliphatic rings. The van der Waals surface area contributed by atoms with E-state index < -0.39 is 36.7 Å². The summed E-state index contributed by atoms with van der Waals surface area (Å²) in [7, 11) is -7.31. The molecule has 2 N–H and O–H groups in total. The van der Waals surface area contributed by atoms with E-state index >= 15 is 0 Å². The van der Waals surface area contributed by atoms with E-state index in [0.29, 0.717) is 18.7 Å². The summed E-state index contributed by atoms with van der Waals surface area (Å²) in [5.74, 6) is -0.855. The Morgan fingerprint density at radius 3 is 2.31 bits per heavy atom. The lowest BCUT2D eigenvalue weighted by atomic mass is 10.1. The SMILES string of the molecule is CC(=O)Nc1ccc(S(=O)(=O)[C@@H]2CS(=O)(=O)C[C@H]2NCCc2ccccc2)cc1. The molecule has 1 heterocycles. The minimum absolute atomic E-state index is 0.0450. The Morgan fingerprint density at radius 2 is 1.69 bits per heavy atom. The fourth-order valence-corrected chi connectivity index (χ4v) is 8.18. The molecule has 0 saturated carbocycles. The summed E-state index contributed by atoms with van der Waals surface area (Å²) in [6.45, 7) is 1.84. The van der Waals surface area contributed by atoms with Gasteiger partial charge in [-0.2, -0.15) is 0 Å². The topological polar surface area (TPSA) is 109 Å². The van der Waals surface area contributed by atoms with Gasteiger partial charge in [-0.3, -0.25) is 4.79 Å². The van der Waals surface area contributed by atoms with Crippen molar-refractivity contribution >= 4 is 31.3 Å². The standard InChI is InChI=1S/C20H24N2O5S2/c1-15(23)22-17-7-9-18(10-8-17)29(26,27)20-14-28(24,25)13-19(20)21-12-11-16-5-3-2-4-6-16/h2-10,19-21H,11-14H2,1H3,(H,22,23)/t19-,20-/m1/s1. The van der Waals surface area contributed by atoms with Crippen molar-refractivity contribution in [1.82, 2.24) is 5.32 Å². The first-order chi connectivity index (χ1) is 13.7. The average Bonchev–Trinajstić information content (AvgIpc) is 2.98. The van der Waals surface area contributed by atoms with Gasteiger partial charge < -0.3 is 10.6 Å². The molecule has 1 saturated heterocycles. The largest absolute Gasteiger partial charge is 0.326 e. The van der Waals surface area contributed by atoms with E-state index in [1.807, 2.05) is 30.3 Å². The van der Waals surface area contributed by atoms with Crippen LogP contribution < -0.4 is 10.6 Å². The molecule has 2 atom stereocenters. The Morgan fingerprint density at radius 1 is 1.03 bits per heavy atom. The van der Waals surface area contributed by atoms with Crippen molar-refractivity contribution in [2.45, 2.75) is 29.5 Å². The second-order valence-corrected chi connectivity index (χ2v) is 11.5. The molecule has 0 spiro atoms. The molecular weight excluding hydrogens is 412 g/mol. The number of hydrogen-bond acceptors (Lipinski definition) is 6. The number of rotatable bonds is 7. The number of benzene rings is 2. The van der Waals surface area contributed by atoms with Gasteiger partial charge in [-0.05, 0) is 42.8 Å². The molecule has 1 fully saturated rings. The smallest absolute Gasteiger partial charge is 0.221 e. The molecule has 0 aromatic heterocycles. The van der Waals surface area contributed by atoms with Gasteiger partial charge in [-0.15, -0.1) is 0 Å². The van der Waals surface area contributed by atoms with Crippen molar-refractivity contribution in [2.24, 2.45) is 0 Å². The number of carbonyl (C=O) groups excluding carboxylic acids is 1. The van der Waals surface area contributed by atoms with Crippen LogP contribution in [0.25, 0.3) is 0 Å². The third kappa shape index (κ3) is 5.43. The zero-order chi connectivity index (χ0) is 21.1. The summed E-state index contributed by atoms with van der Waals surface area (Å²) in [6.07, 6.45) is 0.676. The fraction of sp³-hybridized carbons (Fsp3) is 0.350. The predicted molar refractivity (Wildman–Crippen MR) is 112 cm³/mol. The maximum atomic E-state index is 13.1. The first kappa shape index (κ1) is 21.5. The van der Waals surface area contributed by atoms with Crippen LogP contribution in [0.4, 0.5) is 5.69 Å². The van der Waals surface area contributed by atoms with Gasteiger partial charge in [0.2, 0.25) is 5.91 Å². The highest BCUT2D eigenvalue weighted by Gasteiger charge is 2.45. The molecule has 0 radical (unpaired) electrons. The summed E-state index contributed by atoms with van der Waals surface area (Å²) in [5.41, 5.74) is 1.57. The first-order valence-electron chi connectivity index (χ1n) is 9.27. The van der Waals surface area contributed by atoms with Crippen molar-refractivity contribution in [3.63, 3.8) is 0 Å². The Kier molecular flexibility index (Phi) is 6.40. The van der Waals surface area contributed by atoms with Crippen LogP contribution in [-0.4, -0.2) is 52.1 Å². The summed E-state index contributed by atoms with van der Waals surface area (Å²) >= 11 is 0. The maximum absolute atomic E-state index is 13.1. The normalized spacial score (nSPS) is 21.0. The van der Waals surface area contributed by atoms with Crippen LogP contribution >= 0.6 is 0 Å². The number of hydrogen-bond donors (Lipinski definition) is 2. The fourth-order valence-electron chi connectivity index (χ4n) is 3.46. The highest BCUT2D eigenvalue weighted by atomic mass is 32.2. The minimum atomic E-state index is -3.85. The molecular formula is C20H24N2O5S2. The lowest BCUT2D eigenvalue weighted by molar-refractivity contribution is -0.114. The molecule has 0 unspecified atom stereocenters. The molecule has 2 aromatic rings. The van der Waals surface area contributed by atoms with E-state index in [-0.39, 0.29) is 16.6 Å². The molecule has 29 heavy (non-hydrogen) atoms. The van der Waals surface area contributed by atoms with Crippen molar-refractivity contribution in [2.75, 3.05) is 23.4 Å². The molecule has 0 aliphatic carbocycles. The molecule has 1 amide bonds. The maximum Gasteiger partial charge on any atom is 0.221 e. The third-order valence-electron chi connectivity index (χ3n) is 4.87. The number of amides is 1. The van der Waals surface area contributed by atoms with Crippen LogP contribution in [0.15, 0.2) is 59.5 Å². The highest BCUT2D eigenvalue weighted by Crippen LogP contribution is 2.27. The van der Waals surface area contributed by atoms with Crippen LogP contribution in [-0.2, 0) is 30.9 Å². The van der Waals surface area contributed by atoms with E-state index in [1.54, 1.807) is 0 Å². The van der Waals surface area contributed by atoms with Crippen LogP contribution in [0.3, 0.4) is 0 Å². The van der Waals surface area contributed by atoms with Crippen LogP contribution in [0.1, 0.15) is 12.5 Å². The predicted octanol–water partition coefficient (Wildman–Crippen LogP) is 1.42. The summed E-state index contributed by atoms with van der Waals surface area (Å²) in [4.78, 5) is 11.2. The van der Waals surface area contributed by atoms with E-state index in [1.165, 1.54) is 31.2 Å². The lowest BCUT2D eigenvalue weighted by Crippen LogP contribution is -2.44. The van der Waals surface area contributed by atoms with E-state index in [9.17, 15) is 21.6 Å². The van der Waals surface area contributed by atoms with E-state index in [2.05, 4.69) is 10.6 Å². The second kappa shape index (κ2) is 8.64. The van der Waals surface area contributed by atoms with Crippen LogP contribution in [0.2, 0.25) is 0 Å². The van der Waals surface area contributed by atoms with Gasteiger partial charge in [0.05, 0.1) is 21.7 Å². The van der Waals surface area contributed by atoms with Gasteiger partial charge in [-0.1, -0.05) is 30.3 Å². The highest BCUT2D eigenvalue weighted by molar-refractivity contribution is 7.96. The number of anilines is 1. The number of sulfone groups is 2. The molecule has 0 bridgehead atoms. The monoisotopic (exact) mass is 436 g/mol. The second-order valence-electron chi connectivity index (χ2n) is 7.16. The summed E-state index contributed by atoms with van der Waals surface area (Å²) in [5, 5.41) is 4.66. The lowest BCUT2D eigenvalue weighted by Gasteiger charge is -2.20. The zero-order valence-corrected chi connectivity index (χ0v) is 17.7. The van der Waals surface area contributed by atoms with Crippen LogP contribution in [0.5, 0.6) is 0 Å². The first-order valence-corrected chi connectivity index (χ1v) is 12.6. The third-order valence-corrected chi connectivity index (χ3v) is 9.03. The van der Waals surface area contributed by atoms with Crippen molar-refractivity contribution < 1.29 is 21.6 Å².